The van der Waals surface area contributed by atoms with Crippen molar-refractivity contribution in [3.8, 4) is 11.5 Å². The predicted molar refractivity (Wildman–Crippen MR) is 102 cm³/mol. The van der Waals surface area contributed by atoms with Gasteiger partial charge in [-0.3, -0.25) is 10.1 Å². The minimum Gasteiger partial charge on any atom is -0.495 e. The Balaban J connectivity index is 1.31. The van der Waals surface area contributed by atoms with Gasteiger partial charge in [-0.1, -0.05) is 0 Å². The van der Waals surface area contributed by atoms with Crippen LogP contribution in [0.3, 0.4) is 0 Å². The number of ether oxygens (including phenoxy) is 2. The van der Waals surface area contributed by atoms with Crippen LogP contribution in [0.2, 0.25) is 0 Å². The lowest BCUT2D eigenvalue weighted by Crippen LogP contribution is -2.30. The first-order valence-corrected chi connectivity index (χ1v) is 9.07. The first-order valence-electron chi connectivity index (χ1n) is 9.07. The molecule has 0 aliphatic carbocycles. The van der Waals surface area contributed by atoms with Crippen molar-refractivity contribution in [2.45, 2.75) is 19.6 Å². The van der Waals surface area contributed by atoms with Gasteiger partial charge in [-0.2, -0.15) is 10.1 Å². The average Bonchev–Trinajstić information content (AvgIpc) is 3.38. The molecule has 1 aromatic carbocycles. The highest BCUT2D eigenvalue weighted by molar-refractivity contribution is 5.76. The van der Waals surface area contributed by atoms with Crippen LogP contribution in [0.5, 0.6) is 11.5 Å². The molecular weight excluding hydrogens is 358 g/mol. The second-order valence-corrected chi connectivity index (χ2v) is 6.63. The summed E-state index contributed by atoms with van der Waals surface area (Å²) in [6.07, 6.45) is 4.49. The molecule has 0 spiro atoms. The number of hydrogen-bond acceptors (Lipinski definition) is 7. The van der Waals surface area contributed by atoms with Gasteiger partial charge in [0.2, 0.25) is 0 Å². The number of methoxy groups -OCH3 is 1. The van der Waals surface area contributed by atoms with Gasteiger partial charge in [0.05, 0.1) is 31.2 Å². The molecule has 0 bridgehead atoms. The Morgan fingerprint density at radius 2 is 2.14 bits per heavy atom. The molecule has 28 heavy (non-hydrogen) atoms. The fraction of sp³-hybridized carbons (Fsp3) is 0.250. The molecule has 1 aliphatic rings. The fourth-order valence-corrected chi connectivity index (χ4v) is 3.28. The van der Waals surface area contributed by atoms with Crippen molar-refractivity contribution in [1.82, 2.24) is 20.2 Å². The molecule has 0 saturated heterocycles. The second-order valence-electron chi connectivity index (χ2n) is 6.63. The largest absolute Gasteiger partial charge is 0.495 e. The number of oxazole rings is 1. The van der Waals surface area contributed by atoms with E-state index >= 15 is 0 Å². The molecule has 0 radical (unpaired) electrons. The van der Waals surface area contributed by atoms with Crippen LogP contribution < -0.4 is 14.4 Å². The maximum Gasteiger partial charge on any atom is 0.298 e. The summed E-state index contributed by atoms with van der Waals surface area (Å²) < 4.78 is 16.9. The number of pyridine rings is 1. The highest BCUT2D eigenvalue weighted by Gasteiger charge is 2.22. The van der Waals surface area contributed by atoms with Crippen LogP contribution in [0.15, 0.2) is 47.1 Å². The standard InChI is InChI=1S/C20H19N5O3/c1-26-16-3-2-14(21-10-16)12-27-15-4-5-19-18(8-15)23-20(28-19)25-7-6-17-13(11-25)9-22-24-17/h2-5,8-10H,6-7,11-12H2,1H3,(H,22,24). The topological polar surface area (TPSA) is 89.3 Å². The average molecular weight is 377 g/mol. The van der Waals surface area contributed by atoms with Crippen molar-refractivity contribution < 1.29 is 13.9 Å². The number of benzene rings is 1. The maximum atomic E-state index is 5.94. The second kappa shape index (κ2) is 6.88. The molecule has 0 unspecified atom stereocenters. The summed E-state index contributed by atoms with van der Waals surface area (Å²) in [7, 11) is 1.62. The van der Waals surface area contributed by atoms with Crippen molar-refractivity contribution in [2.24, 2.45) is 0 Å². The van der Waals surface area contributed by atoms with Crippen molar-refractivity contribution in [1.29, 1.82) is 0 Å². The van der Waals surface area contributed by atoms with E-state index in [2.05, 4.69) is 25.1 Å². The molecule has 0 saturated carbocycles. The van der Waals surface area contributed by atoms with Crippen molar-refractivity contribution in [3.05, 3.63) is 59.7 Å². The number of hydrogen-bond donors (Lipinski definition) is 1. The Bertz CT molecular complexity index is 1100. The third kappa shape index (κ3) is 3.13. The van der Waals surface area contributed by atoms with Crippen LogP contribution in [-0.2, 0) is 19.6 Å². The highest BCUT2D eigenvalue weighted by Crippen LogP contribution is 2.28. The minimum atomic E-state index is 0.371. The Kier molecular flexibility index (Phi) is 4.08. The number of rotatable bonds is 5. The van der Waals surface area contributed by atoms with Gasteiger partial charge in [0, 0.05) is 30.8 Å². The number of nitrogens with zero attached hydrogens (tertiary/aromatic N) is 4. The lowest BCUT2D eigenvalue weighted by molar-refractivity contribution is 0.301. The lowest BCUT2D eigenvalue weighted by atomic mass is 10.1. The van der Waals surface area contributed by atoms with Crippen molar-refractivity contribution in [3.63, 3.8) is 0 Å². The summed E-state index contributed by atoms with van der Waals surface area (Å²) in [4.78, 5) is 11.1. The van der Waals surface area contributed by atoms with Gasteiger partial charge >= 0.3 is 0 Å². The summed E-state index contributed by atoms with van der Waals surface area (Å²) in [5.74, 6) is 1.45. The fourth-order valence-electron chi connectivity index (χ4n) is 3.28. The van der Waals surface area contributed by atoms with Gasteiger partial charge in [0.25, 0.3) is 6.01 Å². The molecule has 4 aromatic rings. The zero-order chi connectivity index (χ0) is 18.9. The smallest absolute Gasteiger partial charge is 0.298 e. The number of H-pyrrole nitrogens is 1. The lowest BCUT2D eigenvalue weighted by Gasteiger charge is -2.24. The van der Waals surface area contributed by atoms with E-state index in [9.17, 15) is 0 Å². The summed E-state index contributed by atoms with van der Waals surface area (Å²) in [6.45, 7) is 1.94. The number of aromatic amines is 1. The van der Waals surface area contributed by atoms with Crippen LogP contribution in [0, 0.1) is 0 Å². The zero-order valence-electron chi connectivity index (χ0n) is 15.4. The van der Waals surface area contributed by atoms with E-state index < -0.39 is 0 Å². The van der Waals surface area contributed by atoms with Crippen LogP contribution in [0.4, 0.5) is 6.01 Å². The maximum absolute atomic E-state index is 5.94. The van der Waals surface area contributed by atoms with Gasteiger partial charge in [-0.25, -0.2) is 0 Å². The van der Waals surface area contributed by atoms with Crippen molar-refractivity contribution in [2.75, 3.05) is 18.6 Å². The molecule has 0 amide bonds. The van der Waals surface area contributed by atoms with E-state index in [1.165, 1.54) is 5.56 Å². The summed E-state index contributed by atoms with van der Waals surface area (Å²) >= 11 is 0. The third-order valence-corrected chi connectivity index (χ3v) is 4.83. The van der Waals surface area contributed by atoms with Gasteiger partial charge in [0.15, 0.2) is 5.58 Å². The number of anilines is 1. The van der Waals surface area contributed by atoms with Crippen LogP contribution in [0.1, 0.15) is 17.0 Å². The Labute approximate surface area is 161 Å². The van der Waals surface area contributed by atoms with Gasteiger partial charge in [-0.05, 0) is 24.3 Å². The SMILES string of the molecule is COc1ccc(COc2ccc3oc(N4CCc5n[nH]cc5C4)nc3c2)nc1. The Morgan fingerprint density at radius 3 is 3.00 bits per heavy atom. The summed E-state index contributed by atoms with van der Waals surface area (Å²) in [5, 5.41) is 7.19. The molecule has 1 aliphatic heterocycles. The van der Waals surface area contributed by atoms with Gasteiger partial charge < -0.3 is 18.8 Å². The number of aromatic nitrogens is 4. The van der Waals surface area contributed by atoms with Gasteiger partial charge in [-0.15, -0.1) is 0 Å². The predicted octanol–water partition coefficient (Wildman–Crippen LogP) is 3.10. The van der Waals surface area contributed by atoms with E-state index in [0.29, 0.717) is 12.6 Å². The molecule has 4 heterocycles. The van der Waals surface area contributed by atoms with Crippen LogP contribution in [0.25, 0.3) is 11.1 Å². The monoisotopic (exact) mass is 377 g/mol. The van der Waals surface area contributed by atoms with Gasteiger partial charge in [0.1, 0.15) is 23.6 Å². The third-order valence-electron chi connectivity index (χ3n) is 4.83. The quantitative estimate of drug-likeness (QED) is 0.572. The van der Waals surface area contributed by atoms with E-state index in [-0.39, 0.29) is 0 Å². The normalized spacial score (nSPS) is 13.5. The zero-order valence-corrected chi connectivity index (χ0v) is 15.4. The van der Waals surface area contributed by atoms with Crippen LogP contribution >= 0.6 is 0 Å². The first-order chi connectivity index (χ1) is 13.8. The minimum absolute atomic E-state index is 0.371. The molecule has 5 rings (SSSR count). The molecular formula is C20H19N5O3. The van der Waals surface area contributed by atoms with E-state index in [0.717, 1.165) is 53.5 Å². The summed E-state index contributed by atoms with van der Waals surface area (Å²) in [5.41, 5.74) is 4.64. The van der Waals surface area contributed by atoms with E-state index in [1.54, 1.807) is 13.3 Å². The Morgan fingerprint density at radius 1 is 1.21 bits per heavy atom. The Hall–Kier alpha value is -3.55. The first kappa shape index (κ1) is 16.6. The summed E-state index contributed by atoms with van der Waals surface area (Å²) in [6, 6.07) is 10.0. The number of nitrogens with one attached hydrogen (secondary N) is 1. The van der Waals surface area contributed by atoms with E-state index in [4.69, 9.17) is 13.9 Å². The molecule has 0 fully saturated rings. The molecule has 142 valence electrons. The molecule has 8 heteroatoms. The van der Waals surface area contributed by atoms with E-state index in [1.807, 2.05) is 36.5 Å². The molecule has 3 aromatic heterocycles. The highest BCUT2D eigenvalue weighted by atomic mass is 16.5. The molecule has 0 atom stereocenters. The molecule has 8 nitrogen and oxygen atoms in total. The van der Waals surface area contributed by atoms with Crippen molar-refractivity contribution >= 4 is 17.1 Å². The number of fused-ring (bicyclic) bond motifs is 2. The molecule has 1 N–H and O–H groups in total. The van der Waals surface area contributed by atoms with Crippen LogP contribution in [-0.4, -0.2) is 33.8 Å².